The van der Waals surface area contributed by atoms with Crippen LogP contribution in [0.1, 0.15) is 45.1 Å². The van der Waals surface area contributed by atoms with Crippen LogP contribution in [-0.2, 0) is 20.9 Å². The number of fused-ring (bicyclic) bond motifs is 1. The third kappa shape index (κ3) is 5.70. The lowest BCUT2D eigenvalue weighted by Gasteiger charge is -2.23. The number of halogens is 1. The normalized spacial score (nSPS) is 10.7. The van der Waals surface area contributed by atoms with Gasteiger partial charge in [0.2, 0.25) is 5.91 Å². The van der Waals surface area contributed by atoms with Crippen LogP contribution in [-0.4, -0.2) is 34.9 Å². The molecule has 0 unspecified atom stereocenters. The molecule has 0 aliphatic carbocycles. The van der Waals surface area contributed by atoms with E-state index in [0.717, 1.165) is 29.3 Å². The third-order valence-electron chi connectivity index (χ3n) is 4.09. The van der Waals surface area contributed by atoms with Gasteiger partial charge in [0.05, 0.1) is 18.5 Å². The number of hydrogen-bond acceptors (Lipinski definition) is 4. The molecule has 0 saturated carbocycles. The summed E-state index contributed by atoms with van der Waals surface area (Å²) in [4.78, 5) is 30.3. The Kier molecular flexibility index (Phi) is 7.85. The molecule has 0 atom stereocenters. The van der Waals surface area contributed by atoms with Crippen molar-refractivity contribution in [3.8, 4) is 0 Å². The minimum Gasteiger partial charge on any atom is -0.466 e. The van der Waals surface area contributed by atoms with Gasteiger partial charge in [-0.2, -0.15) is 0 Å². The number of rotatable bonds is 9. The van der Waals surface area contributed by atoms with E-state index < -0.39 is 0 Å². The molecule has 1 heterocycles. The smallest absolute Gasteiger partial charge is 0.306 e. The van der Waals surface area contributed by atoms with Crippen molar-refractivity contribution in [1.29, 1.82) is 0 Å². The number of benzene rings is 1. The lowest BCUT2D eigenvalue weighted by Crippen LogP contribution is -2.32. The van der Waals surface area contributed by atoms with Crippen LogP contribution in [0.2, 0.25) is 5.15 Å². The third-order valence-corrected chi connectivity index (χ3v) is 4.42. The van der Waals surface area contributed by atoms with Crippen LogP contribution >= 0.6 is 11.6 Å². The van der Waals surface area contributed by atoms with Crippen molar-refractivity contribution >= 4 is 34.4 Å². The second kappa shape index (κ2) is 10.1. The average molecular weight is 377 g/mol. The van der Waals surface area contributed by atoms with Crippen LogP contribution in [0.3, 0.4) is 0 Å². The van der Waals surface area contributed by atoms with Crippen LogP contribution in [0.4, 0.5) is 0 Å². The molecule has 1 aromatic heterocycles. The van der Waals surface area contributed by atoms with E-state index in [4.69, 9.17) is 16.3 Å². The first-order chi connectivity index (χ1) is 12.5. The fraction of sp³-hybridized carbons (Fsp3) is 0.450. The van der Waals surface area contributed by atoms with Gasteiger partial charge in [-0.1, -0.05) is 43.1 Å². The van der Waals surface area contributed by atoms with Gasteiger partial charge in [-0.05, 0) is 25.5 Å². The fourth-order valence-electron chi connectivity index (χ4n) is 2.69. The van der Waals surface area contributed by atoms with Gasteiger partial charge in [0, 0.05) is 30.5 Å². The van der Waals surface area contributed by atoms with Crippen LogP contribution < -0.4 is 0 Å². The standard InChI is InChI=1S/C20H25ClN2O3/c1-3-5-12-23(18(24)10-11-19(25)26-4-2)14-16-13-15-8-6-7-9-17(15)22-20(16)21/h6-9,13H,3-5,10-12,14H2,1-2H3. The summed E-state index contributed by atoms with van der Waals surface area (Å²) in [6.07, 6.45) is 2.11. The van der Waals surface area contributed by atoms with Crippen LogP contribution in [0.5, 0.6) is 0 Å². The Bertz CT molecular complexity index is 764. The monoisotopic (exact) mass is 376 g/mol. The molecule has 0 radical (unpaired) electrons. The van der Waals surface area contributed by atoms with E-state index in [-0.39, 0.29) is 24.7 Å². The fourth-order valence-corrected chi connectivity index (χ4v) is 2.90. The number of unbranched alkanes of at least 4 members (excludes halogenated alkanes) is 1. The van der Waals surface area contributed by atoms with Crippen molar-refractivity contribution in [2.24, 2.45) is 0 Å². The second-order valence-electron chi connectivity index (χ2n) is 6.10. The highest BCUT2D eigenvalue weighted by Crippen LogP contribution is 2.22. The molecule has 0 saturated heterocycles. The summed E-state index contributed by atoms with van der Waals surface area (Å²) in [5, 5.41) is 1.39. The summed E-state index contributed by atoms with van der Waals surface area (Å²) in [7, 11) is 0. The number of aromatic nitrogens is 1. The molecule has 0 N–H and O–H groups in total. The highest BCUT2D eigenvalue weighted by molar-refractivity contribution is 6.30. The van der Waals surface area contributed by atoms with E-state index in [9.17, 15) is 9.59 Å². The van der Waals surface area contributed by atoms with E-state index >= 15 is 0 Å². The van der Waals surface area contributed by atoms with E-state index in [0.29, 0.717) is 24.8 Å². The first kappa shape index (κ1) is 20.2. The van der Waals surface area contributed by atoms with Gasteiger partial charge in [0.25, 0.3) is 0 Å². The van der Waals surface area contributed by atoms with Crippen molar-refractivity contribution in [2.45, 2.75) is 46.1 Å². The highest BCUT2D eigenvalue weighted by atomic mass is 35.5. The largest absolute Gasteiger partial charge is 0.466 e. The van der Waals surface area contributed by atoms with E-state index in [1.165, 1.54) is 0 Å². The zero-order valence-electron chi connectivity index (χ0n) is 15.3. The molecule has 26 heavy (non-hydrogen) atoms. The lowest BCUT2D eigenvalue weighted by atomic mass is 10.1. The van der Waals surface area contributed by atoms with E-state index in [1.807, 2.05) is 30.3 Å². The number of hydrogen-bond donors (Lipinski definition) is 0. The van der Waals surface area contributed by atoms with Gasteiger partial charge in [-0.25, -0.2) is 4.98 Å². The average Bonchev–Trinajstić information content (AvgIpc) is 2.63. The SMILES string of the molecule is CCCCN(Cc1cc2ccccc2nc1Cl)C(=O)CCC(=O)OCC. The number of nitrogens with zero attached hydrogens (tertiary/aromatic N) is 2. The van der Waals surface area contributed by atoms with Gasteiger partial charge in [-0.3, -0.25) is 9.59 Å². The Morgan fingerprint density at radius 2 is 1.96 bits per heavy atom. The number of amides is 1. The molecule has 0 bridgehead atoms. The molecule has 0 spiro atoms. The van der Waals surface area contributed by atoms with Gasteiger partial charge in [0.1, 0.15) is 5.15 Å². The molecule has 0 aliphatic rings. The van der Waals surface area contributed by atoms with Crippen molar-refractivity contribution in [3.63, 3.8) is 0 Å². The second-order valence-corrected chi connectivity index (χ2v) is 6.46. The van der Waals surface area contributed by atoms with Crippen LogP contribution in [0, 0.1) is 0 Å². The minimum absolute atomic E-state index is 0.0734. The Balaban J connectivity index is 2.12. The van der Waals surface area contributed by atoms with Crippen molar-refractivity contribution in [1.82, 2.24) is 9.88 Å². The maximum Gasteiger partial charge on any atom is 0.306 e. The molecule has 6 heteroatoms. The summed E-state index contributed by atoms with van der Waals surface area (Å²) in [5.41, 5.74) is 1.64. The number of carbonyl (C=O) groups excluding carboxylic acids is 2. The minimum atomic E-state index is -0.346. The molecule has 1 aromatic carbocycles. The quantitative estimate of drug-likeness (QED) is 0.482. The van der Waals surface area contributed by atoms with E-state index in [2.05, 4.69) is 11.9 Å². The zero-order chi connectivity index (χ0) is 18.9. The Morgan fingerprint density at radius 1 is 1.19 bits per heavy atom. The zero-order valence-corrected chi connectivity index (χ0v) is 16.1. The predicted octanol–water partition coefficient (Wildman–Crippen LogP) is 4.36. The number of para-hydroxylation sites is 1. The maximum atomic E-state index is 12.6. The Morgan fingerprint density at radius 3 is 2.69 bits per heavy atom. The topological polar surface area (TPSA) is 59.5 Å². The van der Waals surface area contributed by atoms with Crippen molar-refractivity contribution < 1.29 is 14.3 Å². The number of ether oxygens (including phenoxy) is 1. The van der Waals surface area contributed by atoms with Gasteiger partial charge >= 0.3 is 5.97 Å². The molecular formula is C20H25ClN2O3. The molecule has 0 fully saturated rings. The highest BCUT2D eigenvalue weighted by Gasteiger charge is 2.17. The van der Waals surface area contributed by atoms with Gasteiger partial charge < -0.3 is 9.64 Å². The van der Waals surface area contributed by atoms with E-state index in [1.54, 1.807) is 11.8 Å². The van der Waals surface area contributed by atoms with Crippen LogP contribution in [0.15, 0.2) is 30.3 Å². The number of carbonyl (C=O) groups is 2. The molecular weight excluding hydrogens is 352 g/mol. The maximum absolute atomic E-state index is 12.6. The molecule has 5 nitrogen and oxygen atoms in total. The summed E-state index contributed by atoms with van der Waals surface area (Å²) in [6, 6.07) is 9.71. The first-order valence-electron chi connectivity index (χ1n) is 9.02. The first-order valence-corrected chi connectivity index (χ1v) is 9.40. The van der Waals surface area contributed by atoms with Gasteiger partial charge in [0.15, 0.2) is 0 Å². The summed E-state index contributed by atoms with van der Waals surface area (Å²) in [6.45, 7) is 5.17. The molecule has 140 valence electrons. The number of esters is 1. The Labute approximate surface area is 159 Å². The van der Waals surface area contributed by atoms with Crippen molar-refractivity contribution in [2.75, 3.05) is 13.2 Å². The molecule has 2 aromatic rings. The molecule has 2 rings (SSSR count). The van der Waals surface area contributed by atoms with Crippen LogP contribution in [0.25, 0.3) is 10.9 Å². The summed E-state index contributed by atoms with van der Waals surface area (Å²) < 4.78 is 4.90. The predicted molar refractivity (Wildman–Crippen MR) is 103 cm³/mol. The summed E-state index contributed by atoms with van der Waals surface area (Å²) in [5.74, 6) is -0.419. The summed E-state index contributed by atoms with van der Waals surface area (Å²) >= 11 is 6.33. The van der Waals surface area contributed by atoms with Crippen molar-refractivity contribution in [3.05, 3.63) is 41.0 Å². The van der Waals surface area contributed by atoms with Gasteiger partial charge in [-0.15, -0.1) is 0 Å². The molecule has 1 amide bonds. The Hall–Kier alpha value is -2.14. The number of pyridine rings is 1. The lowest BCUT2D eigenvalue weighted by molar-refractivity contribution is -0.145. The molecule has 0 aliphatic heterocycles.